The summed E-state index contributed by atoms with van der Waals surface area (Å²) in [6.07, 6.45) is 1.59. The van der Waals surface area contributed by atoms with Crippen LogP contribution in [-0.2, 0) is 14.9 Å². The van der Waals surface area contributed by atoms with Crippen LogP contribution in [0.1, 0.15) is 18.4 Å². The van der Waals surface area contributed by atoms with Crippen LogP contribution < -0.4 is 5.90 Å². The zero-order valence-electron chi connectivity index (χ0n) is 11.1. The van der Waals surface area contributed by atoms with Crippen LogP contribution >= 0.6 is 0 Å². The highest BCUT2D eigenvalue weighted by Gasteiger charge is 2.30. The van der Waals surface area contributed by atoms with Crippen molar-refractivity contribution < 1.29 is 13.3 Å². The predicted molar refractivity (Wildman–Crippen MR) is 72.8 cm³/mol. The molecule has 0 aromatic heterocycles. The van der Waals surface area contributed by atoms with Gasteiger partial charge in [-0.3, -0.25) is 0 Å². The Morgan fingerprint density at radius 3 is 2.53 bits per heavy atom. The topological polar surface area (TPSA) is 72.6 Å². The normalized spacial score (nSPS) is 18.6. The van der Waals surface area contributed by atoms with E-state index in [1.54, 1.807) is 16.4 Å². The van der Waals surface area contributed by atoms with E-state index in [1.165, 1.54) is 0 Å². The molecule has 1 saturated heterocycles. The molecule has 1 fully saturated rings. The molecule has 0 spiro atoms. The zero-order chi connectivity index (χ0) is 13.9. The van der Waals surface area contributed by atoms with E-state index in [0.717, 1.165) is 18.4 Å². The molecule has 0 saturated carbocycles. The van der Waals surface area contributed by atoms with Crippen LogP contribution in [0.15, 0.2) is 29.2 Å². The van der Waals surface area contributed by atoms with Crippen LogP contribution in [0.4, 0.5) is 0 Å². The van der Waals surface area contributed by atoms with Crippen molar-refractivity contribution in [3.63, 3.8) is 0 Å². The third kappa shape index (κ3) is 3.14. The van der Waals surface area contributed by atoms with Crippen LogP contribution in [-0.4, -0.2) is 32.4 Å². The van der Waals surface area contributed by atoms with Gasteiger partial charge < -0.3 is 4.84 Å². The molecule has 0 amide bonds. The monoisotopic (exact) mass is 284 g/mol. The van der Waals surface area contributed by atoms with Gasteiger partial charge in [-0.05, 0) is 37.3 Å². The largest absolute Gasteiger partial charge is 0.304 e. The van der Waals surface area contributed by atoms with Crippen LogP contribution in [0.3, 0.4) is 0 Å². The molecule has 0 radical (unpaired) electrons. The van der Waals surface area contributed by atoms with E-state index in [1.807, 2.05) is 19.1 Å². The summed E-state index contributed by atoms with van der Waals surface area (Å²) in [5.74, 6) is 5.41. The van der Waals surface area contributed by atoms with Crippen LogP contribution in [0.5, 0.6) is 0 Å². The lowest BCUT2D eigenvalue weighted by Gasteiger charge is -2.31. The van der Waals surface area contributed by atoms with Crippen molar-refractivity contribution in [2.75, 3.05) is 19.7 Å². The number of aryl methyl sites for hydroxylation is 1. The fourth-order valence-corrected chi connectivity index (χ4v) is 4.13. The van der Waals surface area contributed by atoms with Gasteiger partial charge in [0.2, 0.25) is 10.0 Å². The summed E-state index contributed by atoms with van der Waals surface area (Å²) in [6, 6.07) is 7.09. The number of nitrogens with zero attached hydrogens (tertiary/aromatic N) is 1. The Hall–Kier alpha value is -0.950. The van der Waals surface area contributed by atoms with Gasteiger partial charge in [-0.15, -0.1) is 0 Å². The van der Waals surface area contributed by atoms with E-state index in [-0.39, 0.29) is 0 Å². The summed E-state index contributed by atoms with van der Waals surface area (Å²) in [7, 11) is -3.37. The first-order valence-electron chi connectivity index (χ1n) is 6.43. The Morgan fingerprint density at radius 2 is 1.95 bits per heavy atom. The standard InChI is InChI=1S/C13H20N2O3S/c1-11-4-2-3-5-13(11)19(16,17)15-8-6-12(7-9-15)10-18-14/h2-5,12H,6-10,14H2,1H3. The van der Waals surface area contributed by atoms with Crippen molar-refractivity contribution in [2.45, 2.75) is 24.7 Å². The molecule has 2 rings (SSSR count). The third-order valence-corrected chi connectivity index (χ3v) is 5.68. The number of nitrogens with two attached hydrogens (primary N) is 1. The molecule has 1 aliphatic rings. The molecule has 1 heterocycles. The number of piperidine rings is 1. The summed E-state index contributed by atoms with van der Waals surface area (Å²) in [5.41, 5.74) is 0.787. The SMILES string of the molecule is Cc1ccccc1S(=O)(=O)N1CCC(CON)CC1. The quantitative estimate of drug-likeness (QED) is 0.846. The summed E-state index contributed by atoms with van der Waals surface area (Å²) < 4.78 is 26.6. The maximum atomic E-state index is 12.5. The predicted octanol–water partition coefficient (Wildman–Crippen LogP) is 1.29. The fourth-order valence-electron chi connectivity index (χ4n) is 2.44. The molecule has 0 aliphatic carbocycles. The van der Waals surface area contributed by atoms with Crippen LogP contribution in [0.25, 0.3) is 0 Å². The van der Waals surface area contributed by atoms with Crippen LogP contribution in [0, 0.1) is 12.8 Å². The lowest BCUT2D eigenvalue weighted by molar-refractivity contribution is 0.0805. The van der Waals surface area contributed by atoms with E-state index in [2.05, 4.69) is 4.84 Å². The lowest BCUT2D eigenvalue weighted by atomic mass is 9.99. The molecule has 1 aromatic carbocycles. The fraction of sp³-hybridized carbons (Fsp3) is 0.538. The molecule has 0 bridgehead atoms. The van der Waals surface area contributed by atoms with Crippen LogP contribution in [0.2, 0.25) is 0 Å². The van der Waals surface area contributed by atoms with E-state index in [4.69, 9.17) is 5.90 Å². The zero-order valence-corrected chi connectivity index (χ0v) is 11.9. The molecule has 0 atom stereocenters. The number of benzene rings is 1. The van der Waals surface area contributed by atoms with Gasteiger partial charge in [-0.1, -0.05) is 18.2 Å². The molecule has 106 valence electrons. The summed E-state index contributed by atoms with van der Waals surface area (Å²) in [6.45, 7) is 3.38. The van der Waals surface area contributed by atoms with Gasteiger partial charge in [0.1, 0.15) is 0 Å². The highest BCUT2D eigenvalue weighted by atomic mass is 32.2. The number of sulfonamides is 1. The molecule has 1 aliphatic heterocycles. The highest BCUT2D eigenvalue weighted by molar-refractivity contribution is 7.89. The second-order valence-electron chi connectivity index (χ2n) is 4.95. The first kappa shape index (κ1) is 14.5. The van der Waals surface area contributed by atoms with E-state index < -0.39 is 10.0 Å². The molecule has 19 heavy (non-hydrogen) atoms. The first-order chi connectivity index (χ1) is 9.05. The van der Waals surface area contributed by atoms with Gasteiger partial charge in [-0.2, -0.15) is 4.31 Å². The minimum absolute atomic E-state index is 0.355. The Labute approximate surface area is 114 Å². The van der Waals surface area contributed by atoms with Gasteiger partial charge in [0, 0.05) is 13.1 Å². The van der Waals surface area contributed by atoms with E-state index in [0.29, 0.717) is 30.5 Å². The smallest absolute Gasteiger partial charge is 0.243 e. The third-order valence-electron chi connectivity index (χ3n) is 3.62. The highest BCUT2D eigenvalue weighted by Crippen LogP contribution is 2.25. The average Bonchev–Trinajstić information content (AvgIpc) is 2.40. The summed E-state index contributed by atoms with van der Waals surface area (Å²) >= 11 is 0. The van der Waals surface area contributed by atoms with Crippen molar-refractivity contribution in [3.8, 4) is 0 Å². The minimum atomic E-state index is -3.37. The minimum Gasteiger partial charge on any atom is -0.304 e. The average molecular weight is 284 g/mol. The van der Waals surface area contributed by atoms with Crippen molar-refractivity contribution in [1.82, 2.24) is 4.31 Å². The maximum absolute atomic E-state index is 12.5. The number of hydrogen-bond acceptors (Lipinski definition) is 4. The van der Waals surface area contributed by atoms with Crippen molar-refractivity contribution in [3.05, 3.63) is 29.8 Å². The Morgan fingerprint density at radius 1 is 1.32 bits per heavy atom. The Balaban J connectivity index is 2.12. The molecule has 6 heteroatoms. The van der Waals surface area contributed by atoms with Crippen molar-refractivity contribution >= 4 is 10.0 Å². The maximum Gasteiger partial charge on any atom is 0.243 e. The number of rotatable bonds is 4. The van der Waals surface area contributed by atoms with E-state index in [9.17, 15) is 8.42 Å². The summed E-state index contributed by atoms with van der Waals surface area (Å²) in [5, 5.41) is 0. The molecule has 1 aromatic rings. The molecular formula is C13H20N2O3S. The lowest BCUT2D eigenvalue weighted by Crippen LogP contribution is -2.39. The molecule has 2 N–H and O–H groups in total. The molecular weight excluding hydrogens is 264 g/mol. The molecule has 0 unspecified atom stereocenters. The van der Waals surface area contributed by atoms with Crippen molar-refractivity contribution in [2.24, 2.45) is 11.8 Å². The van der Waals surface area contributed by atoms with Gasteiger partial charge in [0.25, 0.3) is 0 Å². The Kier molecular flexibility index (Phi) is 4.57. The van der Waals surface area contributed by atoms with Gasteiger partial charge in [0.05, 0.1) is 11.5 Å². The summed E-state index contributed by atoms with van der Waals surface area (Å²) in [4.78, 5) is 5.04. The molecule has 5 nitrogen and oxygen atoms in total. The first-order valence-corrected chi connectivity index (χ1v) is 7.87. The van der Waals surface area contributed by atoms with Gasteiger partial charge in [-0.25, -0.2) is 14.3 Å². The van der Waals surface area contributed by atoms with E-state index >= 15 is 0 Å². The second kappa shape index (κ2) is 6.00. The van der Waals surface area contributed by atoms with Gasteiger partial charge >= 0.3 is 0 Å². The number of hydrogen-bond donors (Lipinski definition) is 1. The van der Waals surface area contributed by atoms with Gasteiger partial charge in [0.15, 0.2) is 0 Å². The Bertz CT molecular complexity index is 522. The second-order valence-corrected chi connectivity index (χ2v) is 6.85. The van der Waals surface area contributed by atoms with Crippen molar-refractivity contribution in [1.29, 1.82) is 0 Å².